The zero-order chi connectivity index (χ0) is 26.2. The Morgan fingerprint density at radius 1 is 0.895 bits per heavy atom. The topological polar surface area (TPSA) is 91.0 Å². The fraction of sp³-hybridized carbons (Fsp3) is 0.0345. The molecule has 0 radical (unpaired) electrons. The van der Waals surface area contributed by atoms with Gasteiger partial charge in [0.1, 0.15) is 22.6 Å². The number of hydrogen-bond acceptors (Lipinski definition) is 5. The molecule has 0 spiro atoms. The van der Waals surface area contributed by atoms with Gasteiger partial charge in [-0.25, -0.2) is 14.4 Å². The van der Waals surface area contributed by atoms with Crippen molar-refractivity contribution < 1.29 is 13.9 Å². The van der Waals surface area contributed by atoms with Crippen LogP contribution < -0.4 is 15.5 Å². The van der Waals surface area contributed by atoms with Crippen LogP contribution in [0.25, 0.3) is 27.8 Å². The van der Waals surface area contributed by atoms with Crippen molar-refractivity contribution in [1.29, 1.82) is 0 Å². The zero-order valence-corrected chi connectivity index (χ0v) is 20.1. The van der Waals surface area contributed by atoms with Crippen LogP contribution in [0, 0.1) is 5.82 Å². The maximum absolute atomic E-state index is 15.0. The van der Waals surface area contributed by atoms with Crippen molar-refractivity contribution in [2.24, 2.45) is 7.05 Å². The molecule has 4 heterocycles. The quantitative estimate of drug-likeness (QED) is 0.336. The standard InChI is InChI=1S/C29H20FN5O3/c1-34-15-12-20-24(11-14-32-27(20)34)38-25-10-9-18(16-23(25)30)33-29(37)22-17-35(19-6-3-2-4-7-19)28-21(26(22)36)8-5-13-31-28/h2-17H,1H3,(H,33,37). The monoisotopic (exact) mass is 505 g/mol. The summed E-state index contributed by atoms with van der Waals surface area (Å²) >= 11 is 0. The molecule has 4 aromatic heterocycles. The number of benzene rings is 2. The minimum atomic E-state index is -0.673. The van der Waals surface area contributed by atoms with Crippen LogP contribution in [0.3, 0.4) is 0 Å². The number of ether oxygens (including phenoxy) is 1. The molecule has 0 aliphatic rings. The maximum Gasteiger partial charge on any atom is 0.261 e. The van der Waals surface area contributed by atoms with Crippen LogP contribution in [0.15, 0.2) is 102 Å². The summed E-state index contributed by atoms with van der Waals surface area (Å²) in [7, 11) is 1.86. The summed E-state index contributed by atoms with van der Waals surface area (Å²) in [5.74, 6) is -0.896. The molecule has 186 valence electrons. The number of pyridine rings is 3. The van der Waals surface area contributed by atoms with Gasteiger partial charge in [0.05, 0.1) is 10.8 Å². The molecule has 0 unspecified atom stereocenters. The lowest BCUT2D eigenvalue weighted by Gasteiger charge is -2.13. The highest BCUT2D eigenvalue weighted by atomic mass is 19.1. The number of rotatable bonds is 5. The summed E-state index contributed by atoms with van der Waals surface area (Å²) in [5, 5.41) is 3.66. The third kappa shape index (κ3) is 4.05. The number of amides is 1. The summed E-state index contributed by atoms with van der Waals surface area (Å²) in [6.45, 7) is 0. The number of halogens is 1. The smallest absolute Gasteiger partial charge is 0.261 e. The van der Waals surface area contributed by atoms with Crippen LogP contribution in [-0.2, 0) is 7.05 Å². The molecule has 0 fully saturated rings. The van der Waals surface area contributed by atoms with Gasteiger partial charge < -0.3 is 19.2 Å². The van der Waals surface area contributed by atoms with E-state index in [1.165, 1.54) is 18.3 Å². The second kappa shape index (κ2) is 9.29. The Balaban J connectivity index is 1.31. The second-order valence-corrected chi connectivity index (χ2v) is 8.63. The number of carbonyl (C=O) groups is 1. The number of anilines is 1. The van der Waals surface area contributed by atoms with Crippen LogP contribution in [0.2, 0.25) is 0 Å². The van der Waals surface area contributed by atoms with Crippen LogP contribution in [0.4, 0.5) is 10.1 Å². The molecular weight excluding hydrogens is 485 g/mol. The average Bonchev–Trinajstić information content (AvgIpc) is 3.32. The van der Waals surface area contributed by atoms with Crippen LogP contribution in [0.1, 0.15) is 10.4 Å². The van der Waals surface area contributed by atoms with E-state index in [-0.39, 0.29) is 17.0 Å². The number of aryl methyl sites for hydroxylation is 1. The molecule has 0 atom stereocenters. The first kappa shape index (κ1) is 23.1. The fourth-order valence-corrected chi connectivity index (χ4v) is 4.31. The van der Waals surface area contributed by atoms with Gasteiger partial charge in [0, 0.05) is 49.3 Å². The third-order valence-electron chi connectivity index (χ3n) is 6.18. The van der Waals surface area contributed by atoms with Crippen molar-refractivity contribution in [3.63, 3.8) is 0 Å². The Morgan fingerprint density at radius 2 is 1.71 bits per heavy atom. The minimum Gasteiger partial charge on any atom is -0.453 e. The lowest BCUT2D eigenvalue weighted by molar-refractivity contribution is 0.102. The largest absolute Gasteiger partial charge is 0.453 e. The highest BCUT2D eigenvalue weighted by molar-refractivity contribution is 6.05. The summed E-state index contributed by atoms with van der Waals surface area (Å²) in [6.07, 6.45) is 6.46. The molecule has 1 N–H and O–H groups in total. The van der Waals surface area contributed by atoms with Gasteiger partial charge in [-0.1, -0.05) is 18.2 Å². The van der Waals surface area contributed by atoms with E-state index in [1.807, 2.05) is 54.2 Å². The van der Waals surface area contributed by atoms with E-state index in [0.29, 0.717) is 22.4 Å². The first-order valence-electron chi connectivity index (χ1n) is 11.7. The molecule has 0 saturated carbocycles. The van der Waals surface area contributed by atoms with Crippen LogP contribution in [-0.4, -0.2) is 25.0 Å². The highest BCUT2D eigenvalue weighted by Crippen LogP contribution is 2.31. The van der Waals surface area contributed by atoms with Crippen molar-refractivity contribution in [2.75, 3.05) is 5.32 Å². The SMILES string of the molecule is Cn1ccc2c(Oc3ccc(NC(=O)c4cn(-c5ccccc5)c5ncccc5c4=O)cc3F)ccnc21. The minimum absolute atomic E-state index is 0.0115. The lowest BCUT2D eigenvalue weighted by Crippen LogP contribution is -2.24. The Labute approximate surface area is 215 Å². The van der Waals surface area contributed by atoms with Gasteiger partial charge in [-0.15, -0.1) is 0 Å². The van der Waals surface area contributed by atoms with E-state index in [1.54, 1.807) is 35.2 Å². The summed E-state index contributed by atoms with van der Waals surface area (Å²) < 4.78 is 24.3. The fourth-order valence-electron chi connectivity index (χ4n) is 4.31. The summed E-state index contributed by atoms with van der Waals surface area (Å²) in [6, 6.07) is 20.1. The van der Waals surface area contributed by atoms with Gasteiger partial charge in [0.2, 0.25) is 5.43 Å². The first-order valence-corrected chi connectivity index (χ1v) is 11.7. The van der Waals surface area contributed by atoms with Crippen molar-refractivity contribution in [3.8, 4) is 17.2 Å². The molecule has 38 heavy (non-hydrogen) atoms. The Kier molecular flexibility index (Phi) is 5.65. The number of para-hydroxylation sites is 1. The van der Waals surface area contributed by atoms with Crippen molar-refractivity contribution in [1.82, 2.24) is 19.1 Å². The molecule has 6 aromatic rings. The number of nitrogens with zero attached hydrogens (tertiary/aromatic N) is 4. The number of fused-ring (bicyclic) bond motifs is 2. The van der Waals surface area contributed by atoms with E-state index < -0.39 is 17.2 Å². The number of nitrogens with one attached hydrogen (secondary N) is 1. The second-order valence-electron chi connectivity index (χ2n) is 8.63. The predicted molar refractivity (Wildman–Crippen MR) is 142 cm³/mol. The normalized spacial score (nSPS) is 11.1. The summed E-state index contributed by atoms with van der Waals surface area (Å²) in [4.78, 5) is 35.0. The van der Waals surface area contributed by atoms with Crippen LogP contribution >= 0.6 is 0 Å². The van der Waals surface area contributed by atoms with E-state index in [2.05, 4.69) is 15.3 Å². The Morgan fingerprint density at radius 3 is 2.53 bits per heavy atom. The van der Waals surface area contributed by atoms with Crippen LogP contribution in [0.5, 0.6) is 11.5 Å². The molecule has 1 amide bonds. The summed E-state index contributed by atoms with van der Waals surface area (Å²) in [5.41, 5.74) is 1.48. The van der Waals surface area contributed by atoms with Gasteiger partial charge in [-0.3, -0.25) is 9.59 Å². The van der Waals surface area contributed by atoms with Crippen molar-refractivity contribution in [3.05, 3.63) is 119 Å². The van der Waals surface area contributed by atoms with Gasteiger partial charge in [0.25, 0.3) is 5.91 Å². The molecule has 9 heteroatoms. The molecule has 6 rings (SSSR count). The Bertz CT molecular complexity index is 1900. The molecule has 0 aliphatic heterocycles. The molecular formula is C29H20FN5O3. The first-order chi connectivity index (χ1) is 18.5. The molecule has 0 aliphatic carbocycles. The van der Waals surface area contributed by atoms with E-state index >= 15 is 0 Å². The van der Waals surface area contributed by atoms with Gasteiger partial charge in [0.15, 0.2) is 11.6 Å². The van der Waals surface area contributed by atoms with Gasteiger partial charge in [-0.05, 0) is 48.5 Å². The van der Waals surface area contributed by atoms with Gasteiger partial charge >= 0.3 is 0 Å². The number of carbonyl (C=O) groups excluding carboxylic acids is 1. The molecule has 8 nitrogen and oxygen atoms in total. The zero-order valence-electron chi connectivity index (χ0n) is 20.1. The van der Waals surface area contributed by atoms with E-state index in [9.17, 15) is 14.0 Å². The highest BCUT2D eigenvalue weighted by Gasteiger charge is 2.18. The Hall–Kier alpha value is -5.31. The molecule has 2 aromatic carbocycles. The third-order valence-corrected chi connectivity index (χ3v) is 6.18. The van der Waals surface area contributed by atoms with Gasteiger partial charge in [-0.2, -0.15) is 0 Å². The maximum atomic E-state index is 15.0. The van der Waals surface area contributed by atoms with E-state index in [0.717, 1.165) is 17.1 Å². The van der Waals surface area contributed by atoms with Crippen molar-refractivity contribution in [2.45, 2.75) is 0 Å². The predicted octanol–water partition coefficient (Wildman–Crippen LogP) is 5.46. The number of aromatic nitrogens is 4. The lowest BCUT2D eigenvalue weighted by atomic mass is 10.1. The van der Waals surface area contributed by atoms with Crippen molar-refractivity contribution >= 4 is 33.7 Å². The molecule has 0 bridgehead atoms. The average molecular weight is 506 g/mol. The number of hydrogen-bond donors (Lipinski definition) is 1. The molecule has 0 saturated heterocycles. The van der Waals surface area contributed by atoms with E-state index in [4.69, 9.17) is 4.74 Å².